The summed E-state index contributed by atoms with van der Waals surface area (Å²) in [5, 5.41) is 3.29. The van der Waals surface area contributed by atoms with Crippen LogP contribution in [0, 0.1) is 0 Å². The van der Waals surface area contributed by atoms with Gasteiger partial charge in [-0.3, -0.25) is 9.59 Å². The van der Waals surface area contributed by atoms with Crippen molar-refractivity contribution in [1.82, 2.24) is 5.32 Å². The fourth-order valence-electron chi connectivity index (χ4n) is 4.86. The van der Waals surface area contributed by atoms with E-state index in [9.17, 15) is 22.8 Å². The Bertz CT molecular complexity index is 1050. The first-order chi connectivity index (χ1) is 16.2. The van der Waals surface area contributed by atoms with E-state index in [4.69, 9.17) is 9.47 Å². The Kier molecular flexibility index (Phi) is 6.84. The van der Waals surface area contributed by atoms with Crippen molar-refractivity contribution in [2.45, 2.75) is 50.4 Å². The number of carbonyl (C=O) groups is 2. The average Bonchev–Trinajstić information content (AvgIpc) is 3.28. The number of carbonyl (C=O) groups excluding carboxylic acids is 2. The molecule has 3 unspecified atom stereocenters. The molecule has 1 fully saturated rings. The van der Waals surface area contributed by atoms with Crippen LogP contribution in [0.25, 0.3) is 0 Å². The standard InChI is InChI=1S/C25H27F3N2O4/c1-15(31)34-23-19(16-8-10-18(33-2)11-9-16)13-20-21(25(26,27)28)6-3-7-22(20)30(24(23)32)14-17-5-4-12-29-17/h3,6-11,17,19,23,29H,4-5,12-14H2,1-2H3. The van der Waals surface area contributed by atoms with E-state index in [2.05, 4.69) is 5.32 Å². The number of nitrogens with zero attached hydrogens (tertiary/aromatic N) is 1. The summed E-state index contributed by atoms with van der Waals surface area (Å²) in [5.41, 5.74) is 0.0341. The number of fused-ring (bicyclic) bond motifs is 1. The van der Waals surface area contributed by atoms with Gasteiger partial charge >= 0.3 is 12.1 Å². The molecule has 0 spiro atoms. The summed E-state index contributed by atoms with van der Waals surface area (Å²) < 4.78 is 52.9. The molecule has 2 aromatic rings. The Morgan fingerprint density at radius 3 is 2.50 bits per heavy atom. The van der Waals surface area contributed by atoms with E-state index in [1.54, 1.807) is 30.3 Å². The van der Waals surface area contributed by atoms with Crippen molar-refractivity contribution < 1.29 is 32.2 Å². The Morgan fingerprint density at radius 2 is 1.91 bits per heavy atom. The number of ether oxygens (including phenoxy) is 2. The van der Waals surface area contributed by atoms with E-state index in [1.165, 1.54) is 25.0 Å². The highest BCUT2D eigenvalue weighted by Gasteiger charge is 2.44. The molecular formula is C25H27F3N2O4. The fraction of sp³-hybridized carbons (Fsp3) is 0.440. The summed E-state index contributed by atoms with van der Waals surface area (Å²) in [5.74, 6) is -1.43. The minimum atomic E-state index is -4.60. The van der Waals surface area contributed by atoms with Crippen LogP contribution in [-0.4, -0.2) is 44.2 Å². The summed E-state index contributed by atoms with van der Waals surface area (Å²) in [7, 11) is 1.51. The smallest absolute Gasteiger partial charge is 0.416 e. The summed E-state index contributed by atoms with van der Waals surface area (Å²) in [6.07, 6.45) is -4.25. The second-order valence-corrected chi connectivity index (χ2v) is 8.66. The Balaban J connectivity index is 1.87. The van der Waals surface area contributed by atoms with E-state index in [1.807, 2.05) is 0 Å². The van der Waals surface area contributed by atoms with Gasteiger partial charge < -0.3 is 19.7 Å². The maximum absolute atomic E-state index is 14.1. The van der Waals surface area contributed by atoms with E-state index in [-0.39, 0.29) is 30.3 Å². The molecule has 6 nitrogen and oxygen atoms in total. The molecule has 2 heterocycles. The van der Waals surface area contributed by atoms with Gasteiger partial charge in [-0.15, -0.1) is 0 Å². The van der Waals surface area contributed by atoms with Crippen LogP contribution in [0.4, 0.5) is 18.9 Å². The third-order valence-corrected chi connectivity index (χ3v) is 6.45. The summed E-state index contributed by atoms with van der Waals surface area (Å²) >= 11 is 0. The molecule has 0 bridgehead atoms. The lowest BCUT2D eigenvalue weighted by Gasteiger charge is -2.30. The number of nitrogens with one attached hydrogen (secondary N) is 1. The number of hydrogen-bond donors (Lipinski definition) is 1. The lowest BCUT2D eigenvalue weighted by Crippen LogP contribution is -2.47. The molecule has 1 N–H and O–H groups in total. The lowest BCUT2D eigenvalue weighted by atomic mass is 9.86. The zero-order valence-electron chi connectivity index (χ0n) is 19.0. The molecule has 0 aromatic heterocycles. The molecule has 1 amide bonds. The quantitative estimate of drug-likeness (QED) is 0.659. The van der Waals surface area contributed by atoms with Crippen LogP contribution < -0.4 is 15.0 Å². The molecule has 2 aliphatic heterocycles. The largest absolute Gasteiger partial charge is 0.497 e. The topological polar surface area (TPSA) is 67.9 Å². The third kappa shape index (κ3) is 4.89. The zero-order chi connectivity index (χ0) is 24.5. The van der Waals surface area contributed by atoms with Gasteiger partial charge in [0.05, 0.1) is 12.7 Å². The number of alkyl halides is 3. The molecule has 182 valence electrons. The van der Waals surface area contributed by atoms with Gasteiger partial charge in [-0.1, -0.05) is 18.2 Å². The lowest BCUT2D eigenvalue weighted by molar-refractivity contribution is -0.154. The van der Waals surface area contributed by atoms with Crippen LogP contribution in [0.2, 0.25) is 0 Å². The summed E-state index contributed by atoms with van der Waals surface area (Å²) in [6, 6.07) is 10.6. The van der Waals surface area contributed by atoms with Gasteiger partial charge in [0.15, 0.2) is 6.10 Å². The first-order valence-corrected chi connectivity index (χ1v) is 11.2. The Morgan fingerprint density at radius 1 is 1.18 bits per heavy atom. The molecule has 0 saturated carbocycles. The SMILES string of the molecule is COc1ccc(C2Cc3c(cccc3C(F)(F)F)N(CC3CCCN3)C(=O)C2OC(C)=O)cc1. The van der Waals surface area contributed by atoms with Gasteiger partial charge in [0.25, 0.3) is 5.91 Å². The molecular weight excluding hydrogens is 449 g/mol. The van der Waals surface area contributed by atoms with E-state index < -0.39 is 35.6 Å². The summed E-state index contributed by atoms with van der Waals surface area (Å²) in [4.78, 5) is 27.2. The highest BCUT2D eigenvalue weighted by molar-refractivity contribution is 6.00. The number of hydrogen-bond acceptors (Lipinski definition) is 5. The van der Waals surface area contributed by atoms with Gasteiger partial charge in [0.1, 0.15) is 5.75 Å². The van der Waals surface area contributed by atoms with Crippen molar-refractivity contribution in [1.29, 1.82) is 0 Å². The predicted molar refractivity (Wildman–Crippen MR) is 120 cm³/mol. The first-order valence-electron chi connectivity index (χ1n) is 11.2. The van der Waals surface area contributed by atoms with Crippen molar-refractivity contribution in [3.05, 3.63) is 59.2 Å². The monoisotopic (exact) mass is 476 g/mol. The van der Waals surface area contributed by atoms with Crippen LogP contribution in [0.1, 0.15) is 42.4 Å². The minimum Gasteiger partial charge on any atom is -0.497 e. The number of esters is 1. The maximum Gasteiger partial charge on any atom is 0.416 e. The number of halogens is 3. The van der Waals surface area contributed by atoms with Crippen molar-refractivity contribution in [3.63, 3.8) is 0 Å². The van der Waals surface area contributed by atoms with Gasteiger partial charge in [0, 0.05) is 31.1 Å². The third-order valence-electron chi connectivity index (χ3n) is 6.45. The van der Waals surface area contributed by atoms with Crippen LogP contribution in [0.15, 0.2) is 42.5 Å². The second kappa shape index (κ2) is 9.66. The normalized spacial score (nSPS) is 22.8. The Labute approximate surface area is 196 Å². The second-order valence-electron chi connectivity index (χ2n) is 8.66. The van der Waals surface area contributed by atoms with Gasteiger partial charge in [-0.05, 0) is 61.2 Å². The van der Waals surface area contributed by atoms with Gasteiger partial charge in [-0.25, -0.2) is 0 Å². The van der Waals surface area contributed by atoms with E-state index in [0.29, 0.717) is 11.3 Å². The minimum absolute atomic E-state index is 0.0248. The van der Waals surface area contributed by atoms with Crippen molar-refractivity contribution in [2.75, 3.05) is 25.1 Å². The average molecular weight is 476 g/mol. The molecule has 0 aliphatic carbocycles. The highest BCUT2D eigenvalue weighted by atomic mass is 19.4. The van der Waals surface area contributed by atoms with Crippen molar-refractivity contribution >= 4 is 17.6 Å². The Hall–Kier alpha value is -3.07. The van der Waals surface area contributed by atoms with Crippen LogP contribution in [0.3, 0.4) is 0 Å². The molecule has 1 saturated heterocycles. The van der Waals surface area contributed by atoms with Crippen molar-refractivity contribution in [2.24, 2.45) is 0 Å². The molecule has 3 atom stereocenters. The molecule has 9 heteroatoms. The van der Waals surface area contributed by atoms with E-state index >= 15 is 0 Å². The molecule has 2 aliphatic rings. The van der Waals surface area contributed by atoms with Crippen LogP contribution in [0.5, 0.6) is 5.75 Å². The molecule has 4 rings (SSSR count). The molecule has 2 aromatic carbocycles. The number of benzene rings is 2. The maximum atomic E-state index is 14.1. The fourth-order valence-corrected chi connectivity index (χ4v) is 4.86. The van der Waals surface area contributed by atoms with Crippen LogP contribution >= 0.6 is 0 Å². The number of methoxy groups -OCH3 is 1. The number of rotatable bonds is 5. The summed E-state index contributed by atoms with van der Waals surface area (Å²) in [6.45, 7) is 2.17. The van der Waals surface area contributed by atoms with Crippen molar-refractivity contribution in [3.8, 4) is 5.75 Å². The van der Waals surface area contributed by atoms with Crippen LogP contribution in [-0.2, 0) is 26.9 Å². The molecule has 34 heavy (non-hydrogen) atoms. The molecule has 0 radical (unpaired) electrons. The van der Waals surface area contributed by atoms with Gasteiger partial charge in [-0.2, -0.15) is 13.2 Å². The number of anilines is 1. The van der Waals surface area contributed by atoms with Gasteiger partial charge in [0.2, 0.25) is 0 Å². The van der Waals surface area contributed by atoms with E-state index in [0.717, 1.165) is 25.5 Å². The number of amides is 1. The predicted octanol–water partition coefficient (Wildman–Crippen LogP) is 4.07. The zero-order valence-corrected chi connectivity index (χ0v) is 19.0. The first kappa shape index (κ1) is 24.1. The highest BCUT2D eigenvalue weighted by Crippen LogP contribution is 2.43.